The predicted octanol–water partition coefficient (Wildman–Crippen LogP) is 3.88. The van der Waals surface area contributed by atoms with Gasteiger partial charge in [-0.05, 0) is 58.2 Å². The van der Waals surface area contributed by atoms with Gasteiger partial charge < -0.3 is 19.5 Å². The Bertz CT molecular complexity index is 1060. The predicted molar refractivity (Wildman–Crippen MR) is 125 cm³/mol. The molecule has 0 bridgehead atoms. The SMILES string of the molecule is COc1cc(C2SCC(=O)Nc3c2c(=O)[nH]n3C2CCOC(C)(C)C2)ccc1OC(C)C. The number of benzene rings is 1. The molecule has 1 aromatic heterocycles. The molecule has 0 saturated carbocycles. The topological polar surface area (TPSA) is 94.6 Å². The fraction of sp³-hybridized carbons (Fsp3) is 0.565. The Morgan fingerprint density at radius 2 is 2.03 bits per heavy atom. The minimum Gasteiger partial charge on any atom is -0.493 e. The standard InChI is InChI=1S/C23H31N3O5S/c1-13(2)31-16-7-6-14(10-17(16)29-5)20-19-21(24-18(27)12-32-20)26(25-22(19)28)15-8-9-30-23(3,4)11-15/h6-7,10,13,15,20H,8-9,11-12H2,1-5H3,(H,24,27)(H,25,28). The Hall–Kier alpha value is -2.39. The quantitative estimate of drug-likeness (QED) is 0.702. The lowest BCUT2D eigenvalue weighted by Gasteiger charge is -2.36. The van der Waals surface area contributed by atoms with E-state index in [9.17, 15) is 9.59 Å². The van der Waals surface area contributed by atoms with Crippen molar-refractivity contribution in [1.29, 1.82) is 0 Å². The van der Waals surface area contributed by atoms with Crippen LogP contribution in [0, 0.1) is 0 Å². The molecule has 2 aliphatic heterocycles. The fourth-order valence-corrected chi connectivity index (χ4v) is 5.51. The van der Waals surface area contributed by atoms with Crippen LogP contribution in [0.5, 0.6) is 11.5 Å². The molecular formula is C23H31N3O5S. The summed E-state index contributed by atoms with van der Waals surface area (Å²) in [4.78, 5) is 25.7. The molecule has 2 aliphatic rings. The number of aromatic nitrogens is 2. The Morgan fingerprint density at radius 3 is 2.72 bits per heavy atom. The second-order valence-electron chi connectivity index (χ2n) is 9.14. The second kappa shape index (κ2) is 8.86. The van der Waals surface area contributed by atoms with Crippen LogP contribution in [0.1, 0.15) is 63.0 Å². The molecule has 1 fully saturated rings. The number of hydrogen-bond acceptors (Lipinski definition) is 6. The van der Waals surface area contributed by atoms with E-state index < -0.39 is 0 Å². The van der Waals surface area contributed by atoms with Crippen molar-refractivity contribution in [2.24, 2.45) is 0 Å². The first-order chi connectivity index (χ1) is 15.2. The maximum atomic E-state index is 13.2. The van der Waals surface area contributed by atoms with Crippen LogP contribution in [0.4, 0.5) is 5.82 Å². The number of fused-ring (bicyclic) bond motifs is 1. The molecule has 1 aromatic carbocycles. The van der Waals surface area contributed by atoms with Gasteiger partial charge in [0.25, 0.3) is 5.56 Å². The van der Waals surface area contributed by atoms with Crippen molar-refractivity contribution >= 4 is 23.5 Å². The molecule has 1 amide bonds. The van der Waals surface area contributed by atoms with Crippen molar-refractivity contribution < 1.29 is 19.0 Å². The third kappa shape index (κ3) is 4.54. The molecule has 2 aromatic rings. The number of rotatable bonds is 5. The lowest BCUT2D eigenvalue weighted by molar-refractivity contribution is -0.113. The minimum absolute atomic E-state index is 0.0102. The number of H-pyrrole nitrogens is 1. The van der Waals surface area contributed by atoms with Gasteiger partial charge in [-0.15, -0.1) is 11.8 Å². The molecular weight excluding hydrogens is 430 g/mol. The van der Waals surface area contributed by atoms with Crippen molar-refractivity contribution in [2.75, 3.05) is 24.8 Å². The van der Waals surface area contributed by atoms with Crippen LogP contribution in [-0.4, -0.2) is 46.9 Å². The van der Waals surface area contributed by atoms with Crippen LogP contribution >= 0.6 is 11.8 Å². The molecule has 4 rings (SSSR count). The number of carbonyl (C=O) groups is 1. The molecule has 174 valence electrons. The van der Waals surface area contributed by atoms with E-state index in [-0.39, 0.29) is 40.2 Å². The van der Waals surface area contributed by atoms with E-state index >= 15 is 0 Å². The molecule has 2 unspecified atom stereocenters. The first-order valence-electron chi connectivity index (χ1n) is 10.9. The first-order valence-corrected chi connectivity index (χ1v) is 12.0. The van der Waals surface area contributed by atoms with Crippen LogP contribution in [0.25, 0.3) is 0 Å². The number of nitrogens with zero attached hydrogens (tertiary/aromatic N) is 1. The molecule has 0 aliphatic carbocycles. The number of methoxy groups -OCH3 is 1. The zero-order valence-electron chi connectivity index (χ0n) is 19.2. The van der Waals surface area contributed by atoms with E-state index in [2.05, 4.69) is 10.4 Å². The van der Waals surface area contributed by atoms with Gasteiger partial charge in [-0.25, -0.2) is 0 Å². The van der Waals surface area contributed by atoms with E-state index in [1.807, 2.05) is 50.6 Å². The van der Waals surface area contributed by atoms with Crippen LogP contribution < -0.4 is 20.3 Å². The Kier molecular flexibility index (Phi) is 6.31. The maximum Gasteiger partial charge on any atom is 0.270 e. The number of hydrogen-bond donors (Lipinski definition) is 2. The summed E-state index contributed by atoms with van der Waals surface area (Å²) in [5.41, 5.74) is 0.964. The fourth-order valence-electron chi connectivity index (χ4n) is 4.40. The van der Waals surface area contributed by atoms with Crippen LogP contribution in [0.15, 0.2) is 23.0 Å². The van der Waals surface area contributed by atoms with Crippen molar-refractivity contribution in [3.05, 3.63) is 39.7 Å². The molecule has 2 atom stereocenters. The zero-order chi connectivity index (χ0) is 23.0. The third-order valence-electron chi connectivity index (χ3n) is 5.75. The van der Waals surface area contributed by atoms with Crippen molar-refractivity contribution in [3.8, 4) is 11.5 Å². The summed E-state index contributed by atoms with van der Waals surface area (Å²) in [5.74, 6) is 1.94. The highest BCUT2D eigenvalue weighted by atomic mass is 32.2. The third-order valence-corrected chi connectivity index (χ3v) is 7.02. The number of nitrogens with one attached hydrogen (secondary N) is 2. The monoisotopic (exact) mass is 461 g/mol. The van der Waals surface area contributed by atoms with E-state index in [1.165, 1.54) is 11.8 Å². The maximum absolute atomic E-state index is 13.2. The highest BCUT2D eigenvalue weighted by molar-refractivity contribution is 8.00. The summed E-state index contributed by atoms with van der Waals surface area (Å²) in [5, 5.41) is 5.66. The van der Waals surface area contributed by atoms with Gasteiger partial charge in [-0.2, -0.15) is 0 Å². The minimum atomic E-state index is -0.316. The Balaban J connectivity index is 1.77. The normalized spacial score (nSPS) is 22.8. The highest BCUT2D eigenvalue weighted by Gasteiger charge is 2.36. The molecule has 3 heterocycles. The van der Waals surface area contributed by atoms with Gasteiger partial charge in [0.2, 0.25) is 5.91 Å². The van der Waals surface area contributed by atoms with Gasteiger partial charge in [0.05, 0.1) is 41.4 Å². The van der Waals surface area contributed by atoms with Crippen LogP contribution in [-0.2, 0) is 9.53 Å². The van der Waals surface area contributed by atoms with Crippen molar-refractivity contribution in [2.45, 2.75) is 63.5 Å². The first kappa shape index (κ1) is 22.8. The smallest absolute Gasteiger partial charge is 0.270 e. The van der Waals surface area contributed by atoms with E-state index in [4.69, 9.17) is 14.2 Å². The van der Waals surface area contributed by atoms with Crippen molar-refractivity contribution in [1.82, 2.24) is 9.78 Å². The average molecular weight is 462 g/mol. The van der Waals surface area contributed by atoms with Crippen LogP contribution in [0.2, 0.25) is 0 Å². The number of anilines is 1. The summed E-state index contributed by atoms with van der Waals surface area (Å²) >= 11 is 1.43. The van der Waals surface area contributed by atoms with Gasteiger partial charge >= 0.3 is 0 Å². The number of aromatic amines is 1. The van der Waals surface area contributed by atoms with E-state index in [1.54, 1.807) is 7.11 Å². The molecule has 9 heteroatoms. The molecule has 2 N–H and O–H groups in total. The molecule has 1 saturated heterocycles. The lowest BCUT2D eigenvalue weighted by atomic mass is 9.94. The number of thioether (sulfide) groups is 1. The zero-order valence-corrected chi connectivity index (χ0v) is 20.0. The number of ether oxygens (including phenoxy) is 3. The van der Waals surface area contributed by atoms with Gasteiger partial charge in [-0.1, -0.05) is 6.07 Å². The molecule has 32 heavy (non-hydrogen) atoms. The van der Waals surface area contributed by atoms with Gasteiger partial charge in [0.15, 0.2) is 11.5 Å². The number of carbonyl (C=O) groups excluding carboxylic acids is 1. The van der Waals surface area contributed by atoms with Crippen molar-refractivity contribution in [3.63, 3.8) is 0 Å². The number of amides is 1. The summed E-state index contributed by atoms with van der Waals surface area (Å²) in [6.07, 6.45) is 1.52. The van der Waals surface area contributed by atoms with Gasteiger partial charge in [0, 0.05) is 6.61 Å². The Labute approximate surface area is 192 Å². The summed E-state index contributed by atoms with van der Waals surface area (Å²) in [7, 11) is 1.60. The summed E-state index contributed by atoms with van der Waals surface area (Å²) < 4.78 is 19.1. The van der Waals surface area contributed by atoms with Crippen LogP contribution in [0.3, 0.4) is 0 Å². The Morgan fingerprint density at radius 1 is 1.25 bits per heavy atom. The summed E-state index contributed by atoms with van der Waals surface area (Å²) in [6, 6.07) is 5.73. The largest absolute Gasteiger partial charge is 0.493 e. The summed E-state index contributed by atoms with van der Waals surface area (Å²) in [6.45, 7) is 8.61. The van der Waals surface area contributed by atoms with E-state index in [0.717, 1.165) is 18.4 Å². The highest BCUT2D eigenvalue weighted by Crippen LogP contribution is 2.44. The molecule has 0 spiro atoms. The van der Waals surface area contributed by atoms with Gasteiger partial charge in [0.1, 0.15) is 5.82 Å². The lowest BCUT2D eigenvalue weighted by Crippen LogP contribution is -2.36. The van der Waals surface area contributed by atoms with E-state index in [0.29, 0.717) is 29.5 Å². The second-order valence-corrected chi connectivity index (χ2v) is 10.2. The molecule has 0 radical (unpaired) electrons. The molecule has 8 nitrogen and oxygen atoms in total. The average Bonchev–Trinajstić information content (AvgIpc) is 2.93. The van der Waals surface area contributed by atoms with Gasteiger partial charge in [-0.3, -0.25) is 19.4 Å².